The number of esters is 1. The number of hydrogen-bond acceptors (Lipinski definition) is 3. The van der Waals surface area contributed by atoms with E-state index in [2.05, 4.69) is 15.9 Å². The highest BCUT2D eigenvalue weighted by molar-refractivity contribution is 9.10. The summed E-state index contributed by atoms with van der Waals surface area (Å²) in [5.41, 5.74) is 5.86. The molecule has 2 N–H and O–H groups in total. The number of halogens is 2. The quantitative estimate of drug-likeness (QED) is 0.678. The monoisotopic (exact) mass is 353 g/mol. The molecule has 2 aromatic carbocycles. The number of hydrogen-bond donors (Lipinski definition) is 1. The van der Waals surface area contributed by atoms with Crippen molar-refractivity contribution in [1.82, 2.24) is 0 Å². The van der Waals surface area contributed by atoms with Gasteiger partial charge in [0.2, 0.25) is 5.91 Å². The van der Waals surface area contributed by atoms with Gasteiger partial charge in [-0.15, -0.1) is 0 Å². The molecule has 0 aromatic heterocycles. The van der Waals surface area contributed by atoms with Gasteiger partial charge in [-0.3, -0.25) is 4.79 Å². The summed E-state index contributed by atoms with van der Waals surface area (Å²) in [7, 11) is 0. The highest BCUT2D eigenvalue weighted by Crippen LogP contribution is 2.26. The number of amides is 1. The zero-order valence-corrected chi connectivity index (χ0v) is 12.4. The lowest BCUT2D eigenvalue weighted by Gasteiger charge is -2.07. The molecule has 0 radical (unpaired) electrons. The first-order valence-electron chi connectivity index (χ1n) is 5.54. The van der Waals surface area contributed by atoms with E-state index in [0.717, 1.165) is 0 Å². The van der Waals surface area contributed by atoms with E-state index >= 15 is 0 Å². The summed E-state index contributed by atoms with van der Waals surface area (Å²) >= 11 is 8.97. The van der Waals surface area contributed by atoms with E-state index in [1.165, 1.54) is 18.2 Å². The molecule has 2 aromatic rings. The fraction of sp³-hybridized carbons (Fsp3) is 0. The molecule has 0 bridgehead atoms. The molecule has 0 aliphatic heterocycles. The highest BCUT2D eigenvalue weighted by Gasteiger charge is 2.12. The maximum Gasteiger partial charge on any atom is 0.343 e. The number of rotatable bonds is 3. The second-order valence-corrected chi connectivity index (χ2v) is 5.20. The molecule has 0 unspecified atom stereocenters. The smallest absolute Gasteiger partial charge is 0.343 e. The SMILES string of the molecule is NC(=O)c1ccc(OC(=O)c2ccc(Cl)cc2)c(Br)c1. The lowest BCUT2D eigenvalue weighted by Crippen LogP contribution is -2.12. The topological polar surface area (TPSA) is 69.4 Å². The van der Waals surface area contributed by atoms with Gasteiger partial charge in [0, 0.05) is 10.6 Å². The number of carbonyl (C=O) groups excluding carboxylic acids is 2. The van der Waals surface area contributed by atoms with Crippen LogP contribution in [0, 0.1) is 0 Å². The van der Waals surface area contributed by atoms with E-state index < -0.39 is 11.9 Å². The van der Waals surface area contributed by atoms with Crippen LogP contribution in [0.2, 0.25) is 5.02 Å². The summed E-state index contributed by atoms with van der Waals surface area (Å²) in [5.74, 6) is -0.773. The first-order chi connectivity index (χ1) is 9.47. The maximum absolute atomic E-state index is 11.9. The lowest BCUT2D eigenvalue weighted by atomic mass is 10.2. The van der Waals surface area contributed by atoms with Crippen molar-refractivity contribution in [1.29, 1.82) is 0 Å². The Morgan fingerprint density at radius 3 is 2.20 bits per heavy atom. The van der Waals surface area contributed by atoms with Crippen molar-refractivity contribution in [2.24, 2.45) is 5.73 Å². The molecule has 0 fully saturated rings. The van der Waals surface area contributed by atoms with Crippen LogP contribution in [0.3, 0.4) is 0 Å². The minimum absolute atomic E-state index is 0.301. The molecule has 0 aliphatic rings. The van der Waals surface area contributed by atoms with E-state index in [-0.39, 0.29) is 0 Å². The first kappa shape index (κ1) is 14.6. The Balaban J connectivity index is 2.19. The van der Waals surface area contributed by atoms with Crippen molar-refractivity contribution in [3.05, 3.63) is 63.1 Å². The van der Waals surface area contributed by atoms with E-state index in [9.17, 15) is 9.59 Å². The molecule has 1 amide bonds. The molecule has 0 heterocycles. The minimum Gasteiger partial charge on any atom is -0.422 e. The van der Waals surface area contributed by atoms with Gasteiger partial charge in [0.15, 0.2) is 0 Å². The van der Waals surface area contributed by atoms with Crippen molar-refractivity contribution < 1.29 is 14.3 Å². The Morgan fingerprint density at radius 1 is 1.05 bits per heavy atom. The van der Waals surface area contributed by atoms with Crippen molar-refractivity contribution in [2.75, 3.05) is 0 Å². The number of benzene rings is 2. The predicted octanol–water partition coefficient (Wildman–Crippen LogP) is 3.42. The predicted molar refractivity (Wildman–Crippen MR) is 79.1 cm³/mol. The largest absolute Gasteiger partial charge is 0.422 e. The highest BCUT2D eigenvalue weighted by atomic mass is 79.9. The minimum atomic E-state index is -0.554. The molecule has 0 saturated carbocycles. The van der Waals surface area contributed by atoms with Crippen LogP contribution < -0.4 is 10.5 Å². The molecule has 20 heavy (non-hydrogen) atoms. The Labute approximate surface area is 128 Å². The van der Waals surface area contributed by atoms with E-state index in [1.54, 1.807) is 24.3 Å². The summed E-state index contributed by atoms with van der Waals surface area (Å²) in [4.78, 5) is 22.9. The second kappa shape index (κ2) is 6.07. The van der Waals surface area contributed by atoms with Crippen molar-refractivity contribution in [2.45, 2.75) is 0 Å². The van der Waals surface area contributed by atoms with Crippen LogP contribution in [0.15, 0.2) is 46.9 Å². The van der Waals surface area contributed by atoms with Gasteiger partial charge < -0.3 is 10.5 Å². The Morgan fingerprint density at radius 2 is 1.65 bits per heavy atom. The summed E-state index contributed by atoms with van der Waals surface area (Å²) in [6.07, 6.45) is 0. The molecular formula is C14H9BrClNO3. The lowest BCUT2D eigenvalue weighted by molar-refractivity contribution is 0.0733. The van der Waals surface area contributed by atoms with Crippen molar-refractivity contribution in [3.63, 3.8) is 0 Å². The Hall–Kier alpha value is -1.85. The molecule has 102 valence electrons. The summed E-state index contributed by atoms with van der Waals surface area (Å²) in [5, 5.41) is 0.536. The van der Waals surface area contributed by atoms with E-state index in [4.69, 9.17) is 22.1 Å². The normalized spacial score (nSPS) is 10.1. The zero-order valence-electron chi connectivity index (χ0n) is 10.1. The van der Waals surface area contributed by atoms with Gasteiger partial charge >= 0.3 is 5.97 Å². The van der Waals surface area contributed by atoms with Crippen LogP contribution in [0.4, 0.5) is 0 Å². The molecule has 0 atom stereocenters. The average molecular weight is 355 g/mol. The van der Waals surface area contributed by atoms with E-state index in [1.807, 2.05) is 0 Å². The Bertz CT molecular complexity index is 671. The zero-order chi connectivity index (χ0) is 14.7. The Kier molecular flexibility index (Phi) is 4.42. The summed E-state index contributed by atoms with van der Waals surface area (Å²) in [6, 6.07) is 10.8. The molecule has 6 heteroatoms. The third-order valence-electron chi connectivity index (χ3n) is 2.50. The maximum atomic E-state index is 11.9. The number of ether oxygens (including phenoxy) is 1. The molecular weight excluding hydrogens is 346 g/mol. The van der Waals surface area contributed by atoms with Crippen LogP contribution >= 0.6 is 27.5 Å². The molecule has 0 spiro atoms. The second-order valence-electron chi connectivity index (χ2n) is 3.91. The summed E-state index contributed by atoms with van der Waals surface area (Å²) < 4.78 is 5.69. The number of carbonyl (C=O) groups is 2. The molecule has 0 saturated heterocycles. The van der Waals surface area contributed by atoms with Crippen LogP contribution in [0.5, 0.6) is 5.75 Å². The van der Waals surface area contributed by atoms with Gasteiger partial charge in [-0.05, 0) is 58.4 Å². The van der Waals surface area contributed by atoms with Crippen molar-refractivity contribution >= 4 is 39.4 Å². The van der Waals surface area contributed by atoms with Gasteiger partial charge in [0.05, 0.1) is 10.0 Å². The molecule has 4 nitrogen and oxygen atoms in total. The van der Waals surface area contributed by atoms with Crippen LogP contribution in [-0.4, -0.2) is 11.9 Å². The number of primary amides is 1. The molecule has 2 rings (SSSR count). The molecule has 0 aliphatic carbocycles. The standard InChI is InChI=1S/C14H9BrClNO3/c15-11-7-9(13(17)18)3-6-12(11)20-14(19)8-1-4-10(16)5-2-8/h1-7H,(H2,17,18). The van der Waals surface area contributed by atoms with Gasteiger partial charge in [-0.2, -0.15) is 0 Å². The van der Waals surface area contributed by atoms with Gasteiger partial charge in [-0.25, -0.2) is 4.79 Å². The van der Waals surface area contributed by atoms with Crippen LogP contribution in [0.1, 0.15) is 20.7 Å². The number of nitrogens with two attached hydrogens (primary N) is 1. The van der Waals surface area contributed by atoms with Gasteiger partial charge in [-0.1, -0.05) is 11.6 Å². The fourth-order valence-electron chi connectivity index (χ4n) is 1.48. The summed E-state index contributed by atoms with van der Waals surface area (Å²) in [6.45, 7) is 0. The third kappa shape index (κ3) is 3.37. The van der Waals surface area contributed by atoms with Crippen molar-refractivity contribution in [3.8, 4) is 5.75 Å². The first-order valence-corrected chi connectivity index (χ1v) is 6.71. The van der Waals surface area contributed by atoms with Gasteiger partial charge in [0.1, 0.15) is 5.75 Å². The fourth-order valence-corrected chi connectivity index (χ4v) is 2.07. The average Bonchev–Trinajstić information content (AvgIpc) is 2.41. The third-order valence-corrected chi connectivity index (χ3v) is 3.37. The van der Waals surface area contributed by atoms with Gasteiger partial charge in [0.25, 0.3) is 0 Å². The van der Waals surface area contributed by atoms with E-state index in [0.29, 0.717) is 26.4 Å². The van der Waals surface area contributed by atoms with Crippen LogP contribution in [0.25, 0.3) is 0 Å². The van der Waals surface area contributed by atoms with Crippen LogP contribution in [-0.2, 0) is 0 Å².